The molecule has 4 atom stereocenters. The minimum Gasteiger partial charge on any atom is -0.362 e. The van der Waals surface area contributed by atoms with Crippen LogP contribution in [-0.2, 0) is 9.47 Å². The molecule has 4 unspecified atom stereocenters. The van der Waals surface area contributed by atoms with Crippen LogP contribution in [0, 0.1) is 0 Å². The van der Waals surface area contributed by atoms with Crippen molar-refractivity contribution in [2.24, 2.45) is 0 Å². The first-order valence-corrected chi connectivity index (χ1v) is 6.80. The largest absolute Gasteiger partial charge is 0.362 e. The van der Waals surface area contributed by atoms with E-state index in [1.54, 1.807) is 0 Å². The molecule has 0 aliphatic carbocycles. The molecule has 2 fully saturated rings. The fourth-order valence-electron chi connectivity index (χ4n) is 2.64. The molecule has 0 N–H and O–H groups in total. The first-order valence-electron chi connectivity index (χ1n) is 6.80. The first kappa shape index (κ1) is 11.8. The normalized spacial score (nSPS) is 30.8. The molecule has 0 aromatic heterocycles. The van der Waals surface area contributed by atoms with Gasteiger partial charge in [-0.25, -0.2) is 0 Å². The topological polar surface area (TPSA) is 42.1 Å². The monoisotopic (exact) mass is 266 g/mol. The van der Waals surface area contributed by atoms with Crippen LogP contribution in [0.25, 0.3) is 0 Å². The van der Waals surface area contributed by atoms with E-state index in [1.807, 2.05) is 60.7 Å². The highest BCUT2D eigenvalue weighted by Gasteiger charge is 2.60. The third-order valence-corrected chi connectivity index (χ3v) is 3.82. The van der Waals surface area contributed by atoms with Gasteiger partial charge in [-0.3, -0.25) is 4.79 Å². The maximum Gasteiger partial charge on any atom is 0.194 e. The Morgan fingerprint density at radius 1 is 0.800 bits per heavy atom. The van der Waals surface area contributed by atoms with Crippen LogP contribution in [0.2, 0.25) is 0 Å². The van der Waals surface area contributed by atoms with Crippen molar-refractivity contribution in [1.29, 1.82) is 0 Å². The Bertz CT molecular complexity index is 623. The number of benzene rings is 2. The number of rotatable bonds is 4. The van der Waals surface area contributed by atoms with Crippen LogP contribution in [0.1, 0.15) is 22.0 Å². The zero-order valence-electron chi connectivity index (χ0n) is 10.8. The fourth-order valence-corrected chi connectivity index (χ4v) is 2.64. The summed E-state index contributed by atoms with van der Waals surface area (Å²) in [4.78, 5) is 12.2. The Hall–Kier alpha value is -1.97. The molecule has 2 saturated heterocycles. The second-order valence-corrected chi connectivity index (χ2v) is 5.18. The van der Waals surface area contributed by atoms with Gasteiger partial charge in [0.05, 0.1) is 0 Å². The van der Waals surface area contributed by atoms with E-state index in [1.165, 1.54) is 0 Å². The van der Waals surface area contributed by atoms with Crippen molar-refractivity contribution in [2.45, 2.75) is 24.4 Å². The van der Waals surface area contributed by atoms with Gasteiger partial charge in [0.25, 0.3) is 0 Å². The summed E-state index contributed by atoms with van der Waals surface area (Å²) < 4.78 is 11.2. The summed E-state index contributed by atoms with van der Waals surface area (Å²) in [7, 11) is 0. The molecule has 4 rings (SSSR count). The van der Waals surface area contributed by atoms with Crippen LogP contribution in [0.4, 0.5) is 0 Å². The molecule has 3 heteroatoms. The van der Waals surface area contributed by atoms with Crippen molar-refractivity contribution in [2.75, 3.05) is 0 Å². The van der Waals surface area contributed by atoms with Crippen LogP contribution < -0.4 is 0 Å². The molecule has 0 spiro atoms. The van der Waals surface area contributed by atoms with Gasteiger partial charge in [-0.2, -0.15) is 0 Å². The van der Waals surface area contributed by atoms with Gasteiger partial charge >= 0.3 is 0 Å². The van der Waals surface area contributed by atoms with Crippen molar-refractivity contribution in [3.63, 3.8) is 0 Å². The maximum absolute atomic E-state index is 12.2. The Balaban J connectivity index is 1.41. The Kier molecular flexibility index (Phi) is 2.69. The van der Waals surface area contributed by atoms with Gasteiger partial charge in [-0.1, -0.05) is 60.7 Å². The van der Waals surface area contributed by atoms with Gasteiger partial charge in [0, 0.05) is 5.56 Å². The number of Topliss-reactive ketones (excluding diaryl/α,β-unsaturated/α-hetero) is 1. The molecule has 2 aromatic rings. The second-order valence-electron chi connectivity index (χ2n) is 5.18. The predicted molar refractivity (Wildman–Crippen MR) is 73.5 cm³/mol. The summed E-state index contributed by atoms with van der Waals surface area (Å²) in [5, 5.41) is 0. The van der Waals surface area contributed by atoms with Gasteiger partial charge in [0.1, 0.15) is 24.4 Å². The summed E-state index contributed by atoms with van der Waals surface area (Å²) in [6.45, 7) is 0. The smallest absolute Gasteiger partial charge is 0.194 e. The van der Waals surface area contributed by atoms with Crippen LogP contribution in [-0.4, -0.2) is 24.1 Å². The molecule has 100 valence electrons. The van der Waals surface area contributed by atoms with Crippen molar-refractivity contribution in [1.82, 2.24) is 0 Å². The van der Waals surface area contributed by atoms with E-state index in [2.05, 4.69) is 0 Å². The fraction of sp³-hybridized carbons (Fsp3) is 0.235. The van der Waals surface area contributed by atoms with Crippen molar-refractivity contribution in [3.05, 3.63) is 71.8 Å². The number of epoxide rings is 2. The second kappa shape index (κ2) is 4.54. The lowest BCUT2D eigenvalue weighted by atomic mass is 10.0. The molecule has 0 amide bonds. The summed E-state index contributed by atoms with van der Waals surface area (Å²) in [6, 6.07) is 19.3. The first-order chi connectivity index (χ1) is 9.84. The van der Waals surface area contributed by atoms with Crippen LogP contribution >= 0.6 is 0 Å². The van der Waals surface area contributed by atoms with E-state index in [4.69, 9.17) is 9.47 Å². The number of carbonyl (C=O) groups excluding carboxylic acids is 1. The summed E-state index contributed by atoms with van der Waals surface area (Å²) in [6.07, 6.45) is -0.325. The highest BCUT2D eigenvalue weighted by atomic mass is 16.7. The Labute approximate surface area is 117 Å². The molecule has 2 heterocycles. The zero-order valence-corrected chi connectivity index (χ0v) is 10.8. The highest BCUT2D eigenvalue weighted by Crippen LogP contribution is 2.48. The summed E-state index contributed by atoms with van der Waals surface area (Å²) >= 11 is 0. The summed E-state index contributed by atoms with van der Waals surface area (Å²) in [5.74, 6) is 0.0536. The molecule has 3 nitrogen and oxygen atoms in total. The quantitative estimate of drug-likeness (QED) is 0.631. The predicted octanol–water partition coefficient (Wildman–Crippen LogP) is 2.78. The highest BCUT2D eigenvalue weighted by molar-refractivity contribution is 6.01. The third kappa shape index (κ3) is 2.05. The van der Waals surface area contributed by atoms with E-state index >= 15 is 0 Å². The van der Waals surface area contributed by atoms with Gasteiger partial charge in [0.15, 0.2) is 5.78 Å². The average molecular weight is 266 g/mol. The average Bonchev–Trinajstić information content (AvgIpc) is 3.39. The molecule has 0 radical (unpaired) electrons. The molecule has 2 aromatic carbocycles. The van der Waals surface area contributed by atoms with Crippen LogP contribution in [0.3, 0.4) is 0 Å². The Morgan fingerprint density at radius 3 is 2.15 bits per heavy atom. The van der Waals surface area contributed by atoms with Crippen molar-refractivity contribution in [3.8, 4) is 0 Å². The third-order valence-electron chi connectivity index (χ3n) is 3.82. The standard InChI is InChI=1S/C17H14O3/c18-13(11-7-3-1-4-8-11)15-17(20-15)16-14(19-16)12-9-5-2-6-10-12/h1-10,14-17H. The molecular weight excluding hydrogens is 252 g/mol. The van der Waals surface area contributed by atoms with Crippen LogP contribution in [0.5, 0.6) is 0 Å². The lowest BCUT2D eigenvalue weighted by Crippen LogP contribution is -2.13. The van der Waals surface area contributed by atoms with Gasteiger partial charge in [0.2, 0.25) is 0 Å². The minimum absolute atomic E-state index is 0.0232. The molecule has 20 heavy (non-hydrogen) atoms. The van der Waals surface area contributed by atoms with Gasteiger partial charge < -0.3 is 9.47 Å². The number of hydrogen-bond donors (Lipinski definition) is 0. The van der Waals surface area contributed by atoms with Gasteiger partial charge in [-0.05, 0) is 5.56 Å². The van der Waals surface area contributed by atoms with E-state index in [0.717, 1.165) is 5.56 Å². The summed E-state index contributed by atoms with van der Waals surface area (Å²) in [5.41, 5.74) is 1.86. The van der Waals surface area contributed by atoms with Gasteiger partial charge in [-0.15, -0.1) is 0 Å². The van der Waals surface area contributed by atoms with E-state index in [-0.39, 0.29) is 30.2 Å². The molecule has 2 aliphatic rings. The minimum atomic E-state index is -0.337. The van der Waals surface area contributed by atoms with Crippen molar-refractivity contribution >= 4 is 5.78 Å². The number of ketones is 1. The van der Waals surface area contributed by atoms with E-state index in [9.17, 15) is 4.79 Å². The lowest BCUT2D eigenvalue weighted by Gasteiger charge is -1.95. The van der Waals surface area contributed by atoms with E-state index in [0.29, 0.717) is 5.56 Å². The molecular formula is C17H14O3. The van der Waals surface area contributed by atoms with E-state index < -0.39 is 0 Å². The van der Waals surface area contributed by atoms with Crippen LogP contribution in [0.15, 0.2) is 60.7 Å². The molecule has 0 saturated carbocycles. The van der Waals surface area contributed by atoms with Crippen molar-refractivity contribution < 1.29 is 14.3 Å². The molecule has 2 aliphatic heterocycles. The lowest BCUT2D eigenvalue weighted by molar-refractivity contribution is 0.0953. The number of ether oxygens (including phenoxy) is 2. The maximum atomic E-state index is 12.2. The molecule has 0 bridgehead atoms. The number of carbonyl (C=O) groups is 1. The Morgan fingerprint density at radius 2 is 1.45 bits per heavy atom. The zero-order chi connectivity index (χ0) is 13.5. The SMILES string of the molecule is O=C(c1ccccc1)C1OC1C1OC1c1ccccc1. The number of hydrogen-bond acceptors (Lipinski definition) is 3.